The molecule has 0 spiro atoms. The molecule has 2 rings (SSSR count). The van der Waals surface area contributed by atoms with Gasteiger partial charge < -0.3 is 9.84 Å². The highest BCUT2D eigenvalue weighted by Gasteiger charge is 2.18. The summed E-state index contributed by atoms with van der Waals surface area (Å²) in [5, 5.41) is 17.8. The van der Waals surface area contributed by atoms with Crippen LogP contribution in [0.25, 0.3) is 0 Å². The van der Waals surface area contributed by atoms with Gasteiger partial charge in [0.1, 0.15) is 17.8 Å². The van der Waals surface area contributed by atoms with Crippen molar-refractivity contribution in [2.45, 2.75) is 26.8 Å². The Bertz CT molecular complexity index is 637. The summed E-state index contributed by atoms with van der Waals surface area (Å²) in [4.78, 5) is 14.1. The van der Waals surface area contributed by atoms with Crippen LogP contribution >= 0.6 is 11.6 Å². The molecule has 8 heteroatoms. The first-order valence-corrected chi connectivity index (χ1v) is 6.27. The molecule has 1 N–H and O–H groups in total. The zero-order valence-corrected chi connectivity index (χ0v) is 11.9. The first-order chi connectivity index (χ1) is 9.40. The van der Waals surface area contributed by atoms with Crippen LogP contribution in [0.5, 0.6) is 0 Å². The second-order valence-electron chi connectivity index (χ2n) is 4.38. The highest BCUT2D eigenvalue weighted by molar-refractivity contribution is 6.33. The zero-order valence-electron chi connectivity index (χ0n) is 11.2. The van der Waals surface area contributed by atoms with Crippen LogP contribution in [0.3, 0.4) is 0 Å². The average molecular weight is 297 g/mol. The van der Waals surface area contributed by atoms with E-state index in [1.165, 1.54) is 6.07 Å². The monoisotopic (exact) mass is 296 g/mol. The van der Waals surface area contributed by atoms with Crippen LogP contribution in [-0.4, -0.2) is 15.1 Å². The van der Waals surface area contributed by atoms with E-state index in [1.54, 1.807) is 0 Å². The Morgan fingerprint density at radius 1 is 1.50 bits per heavy atom. The molecule has 2 aromatic heterocycles. The SMILES string of the molecule is Cc1noc(C)c1C(C)Nc1ncc([N+](=O)[O-])cc1Cl. The first kappa shape index (κ1) is 14.3. The van der Waals surface area contributed by atoms with Crippen molar-refractivity contribution in [3.63, 3.8) is 0 Å². The van der Waals surface area contributed by atoms with Gasteiger partial charge in [-0.3, -0.25) is 10.1 Å². The minimum atomic E-state index is -0.541. The molecule has 0 amide bonds. The van der Waals surface area contributed by atoms with Crippen molar-refractivity contribution in [3.8, 4) is 0 Å². The van der Waals surface area contributed by atoms with E-state index in [2.05, 4.69) is 15.5 Å². The van der Waals surface area contributed by atoms with E-state index in [1.807, 2.05) is 20.8 Å². The maximum Gasteiger partial charge on any atom is 0.289 e. The summed E-state index contributed by atoms with van der Waals surface area (Å²) in [6.07, 6.45) is 1.16. The Morgan fingerprint density at radius 2 is 2.20 bits per heavy atom. The molecule has 106 valence electrons. The summed E-state index contributed by atoms with van der Waals surface area (Å²) in [5.41, 5.74) is 1.55. The fraction of sp³-hybridized carbons (Fsp3) is 0.333. The molecule has 0 aromatic carbocycles. The Labute approximate surface area is 120 Å². The summed E-state index contributed by atoms with van der Waals surface area (Å²) >= 11 is 5.99. The van der Waals surface area contributed by atoms with E-state index in [-0.39, 0.29) is 16.8 Å². The van der Waals surface area contributed by atoms with Crippen molar-refractivity contribution in [3.05, 3.63) is 44.4 Å². The van der Waals surface area contributed by atoms with Gasteiger partial charge in [0.25, 0.3) is 5.69 Å². The molecular weight excluding hydrogens is 284 g/mol. The second kappa shape index (κ2) is 5.46. The van der Waals surface area contributed by atoms with Crippen molar-refractivity contribution in [1.29, 1.82) is 0 Å². The van der Waals surface area contributed by atoms with Crippen molar-refractivity contribution in [1.82, 2.24) is 10.1 Å². The van der Waals surface area contributed by atoms with E-state index in [0.29, 0.717) is 11.6 Å². The lowest BCUT2D eigenvalue weighted by molar-refractivity contribution is -0.385. The fourth-order valence-corrected chi connectivity index (χ4v) is 2.23. The lowest BCUT2D eigenvalue weighted by Crippen LogP contribution is -2.10. The Morgan fingerprint density at radius 3 is 2.70 bits per heavy atom. The van der Waals surface area contributed by atoms with Crippen LogP contribution in [0.15, 0.2) is 16.8 Å². The Hall–Kier alpha value is -2.15. The van der Waals surface area contributed by atoms with E-state index in [9.17, 15) is 10.1 Å². The average Bonchev–Trinajstić information content (AvgIpc) is 2.71. The summed E-state index contributed by atoms with van der Waals surface area (Å²) in [6, 6.07) is 1.13. The minimum Gasteiger partial charge on any atom is -0.362 e. The van der Waals surface area contributed by atoms with Gasteiger partial charge in [-0.25, -0.2) is 4.98 Å². The van der Waals surface area contributed by atoms with Gasteiger partial charge in [-0.2, -0.15) is 0 Å². The third-order valence-electron chi connectivity index (χ3n) is 2.91. The standard InChI is InChI=1S/C12H13ClN4O3/c1-6(11-7(2)16-20-8(11)3)15-12-10(13)4-9(5-14-12)17(18)19/h4-6H,1-3H3,(H,14,15). The fourth-order valence-electron chi connectivity index (χ4n) is 2.02. The van der Waals surface area contributed by atoms with Crippen LogP contribution in [-0.2, 0) is 0 Å². The van der Waals surface area contributed by atoms with Crippen molar-refractivity contribution >= 4 is 23.1 Å². The van der Waals surface area contributed by atoms with E-state index in [0.717, 1.165) is 17.5 Å². The van der Waals surface area contributed by atoms with E-state index in [4.69, 9.17) is 16.1 Å². The first-order valence-electron chi connectivity index (χ1n) is 5.89. The molecule has 0 aliphatic rings. The maximum atomic E-state index is 10.6. The highest BCUT2D eigenvalue weighted by Crippen LogP contribution is 2.29. The van der Waals surface area contributed by atoms with Gasteiger partial charge in [-0.05, 0) is 20.8 Å². The number of nitrogens with one attached hydrogen (secondary N) is 1. The van der Waals surface area contributed by atoms with E-state index >= 15 is 0 Å². The Kier molecular flexibility index (Phi) is 3.89. The third kappa shape index (κ3) is 2.72. The molecule has 0 aliphatic heterocycles. The van der Waals surface area contributed by atoms with Gasteiger partial charge in [0.2, 0.25) is 0 Å². The Balaban J connectivity index is 2.24. The molecule has 0 saturated heterocycles. The third-order valence-corrected chi connectivity index (χ3v) is 3.20. The van der Waals surface area contributed by atoms with Gasteiger partial charge >= 0.3 is 0 Å². The molecule has 2 heterocycles. The molecule has 20 heavy (non-hydrogen) atoms. The molecule has 1 atom stereocenters. The molecule has 0 radical (unpaired) electrons. The summed E-state index contributed by atoms with van der Waals surface area (Å²) in [7, 11) is 0. The molecule has 2 aromatic rings. The topological polar surface area (TPSA) is 94.1 Å². The number of rotatable bonds is 4. The largest absolute Gasteiger partial charge is 0.362 e. The summed E-state index contributed by atoms with van der Waals surface area (Å²) in [6.45, 7) is 5.57. The van der Waals surface area contributed by atoms with Crippen molar-refractivity contribution in [2.75, 3.05) is 5.32 Å². The molecule has 0 bridgehead atoms. The zero-order chi connectivity index (χ0) is 14.9. The van der Waals surface area contributed by atoms with Gasteiger partial charge in [0, 0.05) is 11.6 Å². The number of aromatic nitrogens is 2. The van der Waals surface area contributed by atoms with Crippen molar-refractivity contribution in [2.24, 2.45) is 0 Å². The molecule has 0 saturated carbocycles. The van der Waals surface area contributed by atoms with Gasteiger partial charge in [0.15, 0.2) is 0 Å². The van der Waals surface area contributed by atoms with Crippen LogP contribution in [0.1, 0.15) is 30.0 Å². The smallest absolute Gasteiger partial charge is 0.289 e. The number of nitro groups is 1. The molecule has 1 unspecified atom stereocenters. The lowest BCUT2D eigenvalue weighted by Gasteiger charge is -2.15. The number of hydrogen-bond donors (Lipinski definition) is 1. The van der Waals surface area contributed by atoms with Crippen LogP contribution in [0, 0.1) is 24.0 Å². The number of aryl methyl sites for hydroxylation is 2. The molecular formula is C12H13ClN4O3. The van der Waals surface area contributed by atoms with E-state index < -0.39 is 4.92 Å². The predicted octanol–water partition coefficient (Wildman–Crippen LogP) is 3.42. The number of hydrogen-bond acceptors (Lipinski definition) is 6. The van der Waals surface area contributed by atoms with Crippen LogP contribution < -0.4 is 5.32 Å². The second-order valence-corrected chi connectivity index (χ2v) is 4.79. The highest BCUT2D eigenvalue weighted by atomic mass is 35.5. The minimum absolute atomic E-state index is 0.132. The number of pyridine rings is 1. The quantitative estimate of drug-likeness (QED) is 0.686. The normalized spacial score (nSPS) is 12.2. The van der Waals surface area contributed by atoms with Crippen molar-refractivity contribution < 1.29 is 9.45 Å². The number of nitrogens with zero attached hydrogens (tertiary/aromatic N) is 3. The van der Waals surface area contributed by atoms with Crippen LogP contribution in [0.2, 0.25) is 5.02 Å². The molecule has 0 aliphatic carbocycles. The number of halogens is 1. The molecule has 7 nitrogen and oxygen atoms in total. The maximum absolute atomic E-state index is 10.6. The van der Waals surface area contributed by atoms with Gasteiger partial charge in [-0.15, -0.1) is 0 Å². The number of anilines is 1. The van der Waals surface area contributed by atoms with Gasteiger partial charge in [-0.1, -0.05) is 16.8 Å². The summed E-state index contributed by atoms with van der Waals surface area (Å²) < 4.78 is 5.10. The van der Waals surface area contributed by atoms with Gasteiger partial charge in [0.05, 0.1) is 21.7 Å². The predicted molar refractivity (Wildman–Crippen MR) is 73.9 cm³/mol. The molecule has 0 fully saturated rings. The summed E-state index contributed by atoms with van der Waals surface area (Å²) in [5.74, 6) is 1.09. The van der Waals surface area contributed by atoms with Crippen LogP contribution in [0.4, 0.5) is 11.5 Å². The lowest BCUT2D eigenvalue weighted by atomic mass is 10.1.